The largest absolute Gasteiger partial charge is 0.507 e. The molecule has 4 aromatic carbocycles. The second-order valence-electron chi connectivity index (χ2n) is 22.5. The second-order valence-corrected chi connectivity index (χ2v) is 22.5. The second kappa shape index (κ2) is 17.0. The minimum Gasteiger partial charge on any atom is -0.507 e. The fraction of sp³-hybridized carbons (Fsp3) is 0.525. The first-order valence-electron chi connectivity index (χ1n) is 26.1. The number of phenols is 1. The Balaban J connectivity index is 1.16. The van der Waals surface area contributed by atoms with Crippen molar-refractivity contribution in [3.05, 3.63) is 125 Å². The van der Waals surface area contributed by atoms with E-state index in [-0.39, 0.29) is 10.8 Å². The number of hydrogen-bond acceptors (Lipinski definition) is 1. The Kier molecular flexibility index (Phi) is 11.2. The molecule has 5 aromatic rings. The highest BCUT2D eigenvalue weighted by Gasteiger charge is 2.59. The lowest BCUT2D eigenvalue weighted by molar-refractivity contribution is -0.624. The van der Waals surface area contributed by atoms with Gasteiger partial charge in [0.05, 0.1) is 10.8 Å². The molecule has 8 aliphatic rings. The van der Waals surface area contributed by atoms with Crippen molar-refractivity contribution in [2.75, 3.05) is 0 Å². The third kappa shape index (κ3) is 7.82. The van der Waals surface area contributed by atoms with Gasteiger partial charge in [0.1, 0.15) is 5.75 Å². The molecule has 0 saturated heterocycles. The van der Waals surface area contributed by atoms with Crippen LogP contribution in [0.15, 0.2) is 97.1 Å². The standard InChI is InChI=1S/C61H73NO/c1-4-7-10-41-13-19-50(20-14-41)53-31-57(60-35-44-25-45(36-60)27-46(26-44)37-60)62(58(32-53)61-38-47-28-48(39-61)30-49(29-47)40-61)54-33-55(51-21-15-42(16-22-51)11-8-5-2)59(63)56(34-54)52-23-17-43(18-24-52)12-9-6-3/h13-24,31-34,44-49H,4-12,25-30,35-40H2,1-3H3/p+1. The molecule has 0 atom stereocenters. The van der Waals surface area contributed by atoms with Crippen molar-refractivity contribution in [3.63, 3.8) is 0 Å². The van der Waals surface area contributed by atoms with Crippen LogP contribution in [0.2, 0.25) is 0 Å². The van der Waals surface area contributed by atoms with Gasteiger partial charge in [0.15, 0.2) is 11.4 Å². The fourth-order valence-electron chi connectivity index (χ4n) is 15.6. The average Bonchev–Trinajstić information content (AvgIpc) is 3.29. The molecule has 8 bridgehead atoms. The summed E-state index contributed by atoms with van der Waals surface area (Å²) >= 11 is 0. The number of nitrogens with zero attached hydrogens (tertiary/aromatic N) is 1. The van der Waals surface area contributed by atoms with E-state index >= 15 is 0 Å². The van der Waals surface area contributed by atoms with Crippen molar-refractivity contribution < 1.29 is 9.67 Å². The Morgan fingerprint density at radius 1 is 0.429 bits per heavy atom. The molecule has 328 valence electrons. The zero-order chi connectivity index (χ0) is 42.7. The van der Waals surface area contributed by atoms with Gasteiger partial charge >= 0.3 is 0 Å². The number of pyridine rings is 1. The van der Waals surface area contributed by atoms with Crippen LogP contribution < -0.4 is 4.57 Å². The van der Waals surface area contributed by atoms with Crippen LogP contribution in [0.25, 0.3) is 39.1 Å². The summed E-state index contributed by atoms with van der Waals surface area (Å²) in [7, 11) is 0. The van der Waals surface area contributed by atoms with Crippen LogP contribution in [0.4, 0.5) is 0 Å². The van der Waals surface area contributed by atoms with Crippen LogP contribution in [0.1, 0.15) is 164 Å². The summed E-state index contributed by atoms with van der Waals surface area (Å²) in [6.45, 7) is 6.86. The number of aromatic nitrogens is 1. The Morgan fingerprint density at radius 3 is 1.06 bits per heavy atom. The molecular formula is C61H74NO+. The van der Waals surface area contributed by atoms with Gasteiger partial charge in [-0.15, -0.1) is 0 Å². The lowest BCUT2D eigenvalue weighted by atomic mass is 9.47. The molecule has 8 aliphatic carbocycles. The molecule has 13 rings (SSSR count). The highest BCUT2D eigenvalue weighted by atomic mass is 16.3. The third-order valence-corrected chi connectivity index (χ3v) is 17.9. The molecule has 8 fully saturated rings. The fourth-order valence-corrected chi connectivity index (χ4v) is 15.6. The van der Waals surface area contributed by atoms with Crippen molar-refractivity contribution in [1.29, 1.82) is 0 Å². The maximum Gasteiger partial charge on any atom is 0.212 e. The zero-order valence-corrected chi connectivity index (χ0v) is 38.9. The van der Waals surface area contributed by atoms with Gasteiger partial charge in [-0.3, -0.25) is 0 Å². The summed E-state index contributed by atoms with van der Waals surface area (Å²) in [6.07, 6.45) is 27.3. The topological polar surface area (TPSA) is 24.1 Å². The van der Waals surface area contributed by atoms with Crippen LogP contribution in [0, 0.1) is 35.5 Å². The first-order chi connectivity index (χ1) is 30.8. The molecule has 0 amide bonds. The van der Waals surface area contributed by atoms with Gasteiger partial charge in [-0.2, -0.15) is 4.57 Å². The van der Waals surface area contributed by atoms with Crippen molar-refractivity contribution in [2.45, 2.75) is 166 Å². The molecule has 0 spiro atoms. The molecule has 0 unspecified atom stereocenters. The number of unbranched alkanes of at least 4 members (excludes halogenated alkanes) is 3. The quantitative estimate of drug-likeness (QED) is 0.104. The predicted molar refractivity (Wildman–Crippen MR) is 261 cm³/mol. The van der Waals surface area contributed by atoms with E-state index in [0.717, 1.165) is 77.0 Å². The molecular weight excluding hydrogens is 763 g/mol. The maximum absolute atomic E-state index is 12.6. The molecule has 2 nitrogen and oxygen atoms in total. The van der Waals surface area contributed by atoms with Crippen LogP contribution in [-0.4, -0.2) is 5.11 Å². The number of benzene rings is 4. The first-order valence-corrected chi connectivity index (χ1v) is 26.1. The van der Waals surface area contributed by atoms with Crippen molar-refractivity contribution in [2.24, 2.45) is 35.5 Å². The highest BCUT2D eigenvalue weighted by Crippen LogP contribution is 2.63. The van der Waals surface area contributed by atoms with E-state index in [4.69, 9.17) is 0 Å². The zero-order valence-electron chi connectivity index (χ0n) is 38.9. The summed E-state index contributed by atoms with van der Waals surface area (Å²) in [5.41, 5.74) is 16.0. The average molecular weight is 837 g/mol. The molecule has 63 heavy (non-hydrogen) atoms. The molecule has 0 aliphatic heterocycles. The minimum absolute atomic E-state index is 0.170. The SMILES string of the molecule is CCCCc1ccc(-c2cc(C34CC5CC(CC(C5)C3)C4)[n+](-c3cc(-c4ccc(CCCC)cc4)c(O)c(-c4ccc(CCCC)cc4)c3)c(C34CC5CC(CC(C5)C3)C4)c2)cc1. The van der Waals surface area contributed by atoms with Crippen LogP contribution >= 0.6 is 0 Å². The number of aromatic hydroxyl groups is 1. The summed E-state index contributed by atoms with van der Waals surface area (Å²) in [5.74, 6) is 5.48. The van der Waals surface area contributed by atoms with Gasteiger partial charge in [-0.25, -0.2) is 0 Å². The normalized spacial score (nSPS) is 28.9. The van der Waals surface area contributed by atoms with Gasteiger partial charge in [0, 0.05) is 35.4 Å². The van der Waals surface area contributed by atoms with E-state index in [2.05, 4.69) is 122 Å². The molecule has 8 saturated carbocycles. The molecule has 1 heterocycles. The Hall–Kier alpha value is -4.17. The van der Waals surface area contributed by atoms with Crippen LogP contribution in [0.5, 0.6) is 5.75 Å². The van der Waals surface area contributed by atoms with Crippen LogP contribution in [-0.2, 0) is 30.1 Å². The Morgan fingerprint density at radius 2 is 0.746 bits per heavy atom. The third-order valence-electron chi connectivity index (χ3n) is 17.9. The first kappa shape index (κ1) is 41.5. The minimum atomic E-state index is 0.170. The predicted octanol–water partition coefficient (Wildman–Crippen LogP) is 15.6. The number of aryl methyl sites for hydroxylation is 3. The van der Waals surface area contributed by atoms with Gasteiger partial charge < -0.3 is 5.11 Å². The molecule has 2 heteroatoms. The van der Waals surface area contributed by atoms with E-state index in [1.807, 2.05) is 0 Å². The van der Waals surface area contributed by atoms with Crippen molar-refractivity contribution in [3.8, 4) is 44.8 Å². The number of phenolic OH excluding ortho intramolecular Hbond substituents is 1. The maximum atomic E-state index is 12.6. The van der Waals surface area contributed by atoms with E-state index < -0.39 is 0 Å². The summed E-state index contributed by atoms with van der Waals surface area (Å²) < 4.78 is 2.91. The lowest BCUT2D eigenvalue weighted by Crippen LogP contribution is -2.59. The summed E-state index contributed by atoms with van der Waals surface area (Å²) in [6, 6.07) is 38.5. The van der Waals surface area contributed by atoms with E-state index in [9.17, 15) is 5.11 Å². The highest BCUT2D eigenvalue weighted by molar-refractivity contribution is 5.84. The Labute approximate surface area is 380 Å². The van der Waals surface area contributed by atoms with E-state index in [1.165, 1.54) is 149 Å². The monoisotopic (exact) mass is 837 g/mol. The summed E-state index contributed by atoms with van der Waals surface area (Å²) in [5, 5.41) is 12.6. The van der Waals surface area contributed by atoms with Gasteiger partial charge in [-0.05, 0) is 190 Å². The smallest absolute Gasteiger partial charge is 0.212 e. The van der Waals surface area contributed by atoms with E-state index in [1.54, 1.807) is 11.4 Å². The van der Waals surface area contributed by atoms with Crippen LogP contribution in [0.3, 0.4) is 0 Å². The molecule has 0 radical (unpaired) electrons. The summed E-state index contributed by atoms with van der Waals surface area (Å²) in [4.78, 5) is 0. The van der Waals surface area contributed by atoms with Gasteiger partial charge in [0.25, 0.3) is 0 Å². The van der Waals surface area contributed by atoms with Gasteiger partial charge in [-0.1, -0.05) is 113 Å². The lowest BCUT2D eigenvalue weighted by Gasteiger charge is -2.56. The number of hydrogen-bond donors (Lipinski definition) is 1. The number of rotatable bonds is 15. The van der Waals surface area contributed by atoms with Gasteiger partial charge in [0.2, 0.25) is 5.69 Å². The Bertz CT molecular complexity index is 2210. The van der Waals surface area contributed by atoms with E-state index in [0.29, 0.717) is 5.75 Å². The van der Waals surface area contributed by atoms with Crippen molar-refractivity contribution >= 4 is 0 Å². The molecule has 1 N–H and O–H groups in total. The van der Waals surface area contributed by atoms with Crippen molar-refractivity contribution in [1.82, 2.24) is 0 Å². The molecule has 1 aromatic heterocycles.